The van der Waals surface area contributed by atoms with Gasteiger partial charge in [-0.15, -0.1) is 0 Å². The number of hydrogen-bond donors (Lipinski definition) is 2. The first-order valence-corrected chi connectivity index (χ1v) is 8.01. The summed E-state index contributed by atoms with van der Waals surface area (Å²) in [5.41, 5.74) is 6.23. The largest absolute Gasteiger partial charge is 0.326 e. The topological polar surface area (TPSA) is 41.1 Å². The number of carbonyl (C=O) groups excluding carboxylic acids is 1. The van der Waals surface area contributed by atoms with Gasteiger partial charge < -0.3 is 10.6 Å². The lowest BCUT2D eigenvalue weighted by atomic mass is 10.0. The monoisotopic (exact) mass is 292 g/mol. The number of anilines is 1. The molecule has 112 valence electrons. The van der Waals surface area contributed by atoms with E-state index in [2.05, 4.69) is 47.0 Å². The third-order valence-electron chi connectivity index (χ3n) is 4.71. The molecule has 0 saturated carbocycles. The van der Waals surface area contributed by atoms with Gasteiger partial charge in [-0.3, -0.25) is 4.79 Å². The molecule has 0 spiro atoms. The molecule has 2 N–H and O–H groups in total. The molecule has 3 heteroatoms. The average Bonchev–Trinajstić information content (AvgIpc) is 3.13. The van der Waals surface area contributed by atoms with Crippen LogP contribution in [0, 0.1) is 5.92 Å². The standard InChI is InChI=1S/C19H20N2O/c22-19(9-13-7-8-20-12-13)21-16-5-6-18-15(11-16)10-14-3-1-2-4-17(14)18/h1-6,11,13,20H,7-10,12H2,(H,21,22). The Balaban J connectivity index is 1.48. The summed E-state index contributed by atoms with van der Waals surface area (Å²) in [4.78, 5) is 12.1. The molecule has 3 nitrogen and oxygen atoms in total. The van der Waals surface area contributed by atoms with E-state index in [1.807, 2.05) is 6.07 Å². The Hall–Kier alpha value is -2.13. The van der Waals surface area contributed by atoms with Crippen molar-refractivity contribution in [3.63, 3.8) is 0 Å². The molecule has 1 fully saturated rings. The molecule has 0 aromatic heterocycles. The molecule has 4 rings (SSSR count). The lowest BCUT2D eigenvalue weighted by Gasteiger charge is -2.10. The van der Waals surface area contributed by atoms with E-state index >= 15 is 0 Å². The molecule has 1 aliphatic heterocycles. The molecular formula is C19H20N2O. The number of benzene rings is 2. The van der Waals surface area contributed by atoms with Gasteiger partial charge in [-0.05, 0) is 66.2 Å². The van der Waals surface area contributed by atoms with Crippen molar-refractivity contribution in [3.8, 4) is 11.1 Å². The third-order valence-corrected chi connectivity index (χ3v) is 4.71. The zero-order chi connectivity index (χ0) is 14.9. The molecule has 1 atom stereocenters. The fourth-order valence-corrected chi connectivity index (χ4v) is 3.59. The van der Waals surface area contributed by atoms with Crippen LogP contribution in [0.4, 0.5) is 5.69 Å². The minimum absolute atomic E-state index is 0.129. The second-order valence-electron chi connectivity index (χ2n) is 6.32. The quantitative estimate of drug-likeness (QED) is 0.778. The lowest BCUT2D eigenvalue weighted by Crippen LogP contribution is -2.18. The Morgan fingerprint density at radius 3 is 2.86 bits per heavy atom. The molecular weight excluding hydrogens is 272 g/mol. The van der Waals surface area contributed by atoms with Crippen molar-refractivity contribution >= 4 is 11.6 Å². The van der Waals surface area contributed by atoms with Crippen LogP contribution in [-0.2, 0) is 11.2 Å². The summed E-state index contributed by atoms with van der Waals surface area (Å²) in [6.07, 6.45) is 2.68. The van der Waals surface area contributed by atoms with Gasteiger partial charge in [0.2, 0.25) is 5.91 Å². The first-order valence-electron chi connectivity index (χ1n) is 8.01. The van der Waals surface area contributed by atoms with E-state index in [1.165, 1.54) is 22.3 Å². The number of nitrogens with one attached hydrogen (secondary N) is 2. The Kier molecular flexibility index (Phi) is 3.43. The van der Waals surface area contributed by atoms with Gasteiger partial charge in [-0.25, -0.2) is 0 Å². The normalized spacial score (nSPS) is 18.8. The Bertz CT molecular complexity index is 717. The highest BCUT2D eigenvalue weighted by atomic mass is 16.1. The van der Waals surface area contributed by atoms with Crippen LogP contribution in [0.1, 0.15) is 24.0 Å². The van der Waals surface area contributed by atoms with Gasteiger partial charge in [0.05, 0.1) is 0 Å². The smallest absolute Gasteiger partial charge is 0.224 e. The minimum Gasteiger partial charge on any atom is -0.326 e. The zero-order valence-electron chi connectivity index (χ0n) is 12.6. The molecule has 1 aliphatic carbocycles. The van der Waals surface area contributed by atoms with Crippen LogP contribution in [0.25, 0.3) is 11.1 Å². The van der Waals surface area contributed by atoms with Gasteiger partial charge in [-0.1, -0.05) is 30.3 Å². The number of fused-ring (bicyclic) bond motifs is 3. The molecule has 1 amide bonds. The summed E-state index contributed by atoms with van der Waals surface area (Å²) in [6.45, 7) is 2.00. The summed E-state index contributed by atoms with van der Waals surface area (Å²) in [5.74, 6) is 0.614. The fraction of sp³-hybridized carbons (Fsp3) is 0.316. The van der Waals surface area contributed by atoms with Crippen LogP contribution in [0.2, 0.25) is 0 Å². The summed E-state index contributed by atoms with van der Waals surface area (Å²) in [5, 5.41) is 6.36. The van der Waals surface area contributed by atoms with Crippen molar-refractivity contribution in [2.24, 2.45) is 5.92 Å². The van der Waals surface area contributed by atoms with Gasteiger partial charge in [0.1, 0.15) is 0 Å². The van der Waals surface area contributed by atoms with Gasteiger partial charge in [0, 0.05) is 12.1 Å². The highest BCUT2D eigenvalue weighted by Gasteiger charge is 2.20. The predicted molar refractivity (Wildman–Crippen MR) is 88.9 cm³/mol. The van der Waals surface area contributed by atoms with Crippen molar-refractivity contribution in [3.05, 3.63) is 53.6 Å². The number of rotatable bonds is 3. The highest BCUT2D eigenvalue weighted by molar-refractivity contribution is 5.92. The SMILES string of the molecule is O=C(CC1CCNC1)Nc1ccc2c(c1)Cc1ccccc1-2. The van der Waals surface area contributed by atoms with Crippen molar-refractivity contribution in [1.82, 2.24) is 5.32 Å². The molecule has 2 aromatic carbocycles. The first kappa shape index (κ1) is 13.5. The van der Waals surface area contributed by atoms with E-state index in [4.69, 9.17) is 0 Å². The maximum Gasteiger partial charge on any atom is 0.224 e. The van der Waals surface area contributed by atoms with Gasteiger partial charge in [-0.2, -0.15) is 0 Å². The molecule has 1 saturated heterocycles. The maximum atomic E-state index is 12.1. The first-order chi connectivity index (χ1) is 10.8. The van der Waals surface area contributed by atoms with Crippen LogP contribution >= 0.6 is 0 Å². The van der Waals surface area contributed by atoms with Gasteiger partial charge in [0.25, 0.3) is 0 Å². The molecule has 2 aliphatic rings. The second kappa shape index (κ2) is 5.58. The average molecular weight is 292 g/mol. The van der Waals surface area contributed by atoms with Crippen LogP contribution in [-0.4, -0.2) is 19.0 Å². The van der Waals surface area contributed by atoms with E-state index in [1.54, 1.807) is 0 Å². The second-order valence-corrected chi connectivity index (χ2v) is 6.32. The number of hydrogen-bond acceptors (Lipinski definition) is 2. The zero-order valence-corrected chi connectivity index (χ0v) is 12.6. The number of amides is 1. The summed E-state index contributed by atoms with van der Waals surface area (Å²) in [7, 11) is 0. The Labute approximate surface area is 130 Å². The molecule has 1 heterocycles. The molecule has 0 radical (unpaired) electrons. The van der Waals surface area contributed by atoms with E-state index in [9.17, 15) is 4.79 Å². The molecule has 0 bridgehead atoms. The van der Waals surface area contributed by atoms with Crippen LogP contribution in [0.15, 0.2) is 42.5 Å². The van der Waals surface area contributed by atoms with E-state index in [0.717, 1.165) is 31.6 Å². The maximum absolute atomic E-state index is 12.1. The van der Waals surface area contributed by atoms with Crippen LogP contribution < -0.4 is 10.6 Å². The van der Waals surface area contributed by atoms with Crippen molar-refractivity contribution in [2.45, 2.75) is 19.3 Å². The Morgan fingerprint density at radius 2 is 2.00 bits per heavy atom. The van der Waals surface area contributed by atoms with Crippen molar-refractivity contribution in [2.75, 3.05) is 18.4 Å². The number of carbonyl (C=O) groups is 1. The Morgan fingerprint density at radius 1 is 1.14 bits per heavy atom. The summed E-state index contributed by atoms with van der Waals surface area (Å²) >= 11 is 0. The molecule has 2 aromatic rings. The van der Waals surface area contributed by atoms with Crippen molar-refractivity contribution < 1.29 is 4.79 Å². The summed E-state index contributed by atoms with van der Waals surface area (Å²) in [6, 6.07) is 14.8. The molecule has 1 unspecified atom stereocenters. The lowest BCUT2D eigenvalue weighted by molar-refractivity contribution is -0.116. The van der Waals surface area contributed by atoms with Crippen LogP contribution in [0.3, 0.4) is 0 Å². The van der Waals surface area contributed by atoms with Crippen molar-refractivity contribution in [1.29, 1.82) is 0 Å². The van der Waals surface area contributed by atoms with Crippen LogP contribution in [0.5, 0.6) is 0 Å². The van der Waals surface area contributed by atoms with Gasteiger partial charge >= 0.3 is 0 Å². The summed E-state index contributed by atoms with van der Waals surface area (Å²) < 4.78 is 0. The van der Waals surface area contributed by atoms with Gasteiger partial charge in [0.15, 0.2) is 0 Å². The van der Waals surface area contributed by atoms with E-state index in [-0.39, 0.29) is 5.91 Å². The predicted octanol–water partition coefficient (Wildman–Crippen LogP) is 3.20. The molecule has 22 heavy (non-hydrogen) atoms. The van der Waals surface area contributed by atoms with E-state index in [0.29, 0.717) is 12.3 Å². The minimum atomic E-state index is 0.129. The fourth-order valence-electron chi connectivity index (χ4n) is 3.59. The highest BCUT2D eigenvalue weighted by Crippen LogP contribution is 2.37. The van der Waals surface area contributed by atoms with E-state index < -0.39 is 0 Å². The third kappa shape index (κ3) is 2.53.